The molecule has 8 nitrogen and oxygen atoms in total. The van der Waals surface area contributed by atoms with Crippen LogP contribution < -0.4 is 5.32 Å². The normalized spacial score (nSPS) is 18.0. The van der Waals surface area contributed by atoms with Crippen LogP contribution in [-0.2, 0) is 16.1 Å². The van der Waals surface area contributed by atoms with Gasteiger partial charge in [0.15, 0.2) is 0 Å². The average molecular weight is 316 g/mol. The third-order valence-corrected chi connectivity index (χ3v) is 3.72. The van der Waals surface area contributed by atoms with Gasteiger partial charge >= 0.3 is 0 Å². The fourth-order valence-corrected chi connectivity index (χ4v) is 2.57. The van der Waals surface area contributed by atoms with Gasteiger partial charge in [-0.15, -0.1) is 0 Å². The number of anilines is 1. The number of morpholine rings is 1. The highest BCUT2D eigenvalue weighted by molar-refractivity contribution is 5.76. The number of aromatic nitrogens is 4. The second-order valence-corrected chi connectivity index (χ2v) is 5.38. The zero-order valence-electron chi connectivity index (χ0n) is 13.3. The van der Waals surface area contributed by atoms with Gasteiger partial charge < -0.3 is 15.0 Å². The van der Waals surface area contributed by atoms with Crippen LogP contribution in [0.3, 0.4) is 0 Å². The highest BCUT2D eigenvalue weighted by atomic mass is 16.5. The summed E-state index contributed by atoms with van der Waals surface area (Å²) in [5.74, 6) is 1.45. The van der Waals surface area contributed by atoms with E-state index in [4.69, 9.17) is 4.74 Å². The zero-order valence-corrected chi connectivity index (χ0v) is 13.3. The van der Waals surface area contributed by atoms with Gasteiger partial charge in [0, 0.05) is 32.1 Å². The summed E-state index contributed by atoms with van der Waals surface area (Å²) in [6.45, 7) is 3.64. The van der Waals surface area contributed by atoms with Crippen LogP contribution in [0.4, 0.5) is 5.82 Å². The highest BCUT2D eigenvalue weighted by Crippen LogP contribution is 2.22. The molecule has 2 aromatic rings. The van der Waals surface area contributed by atoms with Crippen molar-refractivity contribution in [3.63, 3.8) is 0 Å². The van der Waals surface area contributed by atoms with E-state index in [2.05, 4.69) is 20.4 Å². The topological polar surface area (TPSA) is 85.2 Å². The molecule has 1 amide bonds. The van der Waals surface area contributed by atoms with Crippen LogP contribution in [0.5, 0.6) is 0 Å². The summed E-state index contributed by atoms with van der Waals surface area (Å²) >= 11 is 0. The second kappa shape index (κ2) is 6.74. The van der Waals surface area contributed by atoms with Gasteiger partial charge in [-0.3, -0.25) is 9.48 Å². The number of hydrogen-bond acceptors (Lipinski definition) is 6. The Bertz CT molecular complexity index is 673. The third kappa shape index (κ3) is 3.65. The van der Waals surface area contributed by atoms with Crippen molar-refractivity contribution in [2.45, 2.75) is 19.6 Å². The number of carbonyl (C=O) groups excluding carboxylic acids is 1. The van der Waals surface area contributed by atoms with Crippen LogP contribution in [0.2, 0.25) is 0 Å². The van der Waals surface area contributed by atoms with Gasteiger partial charge in [0.25, 0.3) is 0 Å². The standard InChI is InChI=1S/C15H20N6O2/c1-11-18-12(8-14(16-2)19-11)13-9-20(6-7-23-13)15(22)10-21-5-3-4-17-21/h3-5,8,13H,6-7,9-10H2,1-2H3,(H,16,18,19)/t13-/m1/s1. The number of hydrogen-bond donors (Lipinski definition) is 1. The van der Waals surface area contributed by atoms with Crippen molar-refractivity contribution in [2.75, 3.05) is 32.1 Å². The maximum absolute atomic E-state index is 12.4. The number of amides is 1. The average Bonchev–Trinajstić information content (AvgIpc) is 3.07. The predicted octanol–water partition coefficient (Wildman–Crippen LogP) is 0.623. The molecule has 0 aromatic carbocycles. The number of rotatable bonds is 4. The first-order chi connectivity index (χ1) is 11.2. The first-order valence-electron chi connectivity index (χ1n) is 7.56. The van der Waals surface area contributed by atoms with Crippen LogP contribution in [0.15, 0.2) is 24.5 Å². The smallest absolute Gasteiger partial charge is 0.244 e. The van der Waals surface area contributed by atoms with Crippen LogP contribution >= 0.6 is 0 Å². The van der Waals surface area contributed by atoms with E-state index in [-0.39, 0.29) is 18.6 Å². The minimum absolute atomic E-state index is 0.0293. The van der Waals surface area contributed by atoms with Crippen molar-refractivity contribution >= 4 is 11.7 Å². The molecule has 1 aliphatic rings. The molecular formula is C15H20N6O2. The lowest BCUT2D eigenvalue weighted by Crippen LogP contribution is -2.44. The molecule has 0 bridgehead atoms. The van der Waals surface area contributed by atoms with Gasteiger partial charge in [-0.05, 0) is 13.0 Å². The minimum atomic E-state index is -0.237. The third-order valence-electron chi connectivity index (χ3n) is 3.72. The summed E-state index contributed by atoms with van der Waals surface area (Å²) in [5, 5.41) is 7.08. The van der Waals surface area contributed by atoms with Crippen molar-refractivity contribution < 1.29 is 9.53 Å². The molecule has 3 heterocycles. The van der Waals surface area contributed by atoms with Crippen molar-refractivity contribution in [1.29, 1.82) is 0 Å². The molecule has 1 N–H and O–H groups in total. The van der Waals surface area contributed by atoms with Crippen LogP contribution in [-0.4, -0.2) is 57.3 Å². The molecule has 2 aromatic heterocycles. The Labute approximate surface area is 134 Å². The molecule has 1 saturated heterocycles. The molecule has 3 rings (SSSR count). The fraction of sp³-hybridized carbons (Fsp3) is 0.467. The van der Waals surface area contributed by atoms with Crippen molar-refractivity contribution in [3.05, 3.63) is 36.0 Å². The summed E-state index contributed by atoms with van der Waals surface area (Å²) in [6.07, 6.45) is 3.21. The second-order valence-electron chi connectivity index (χ2n) is 5.38. The Hall–Kier alpha value is -2.48. The molecule has 0 spiro atoms. The molecule has 0 saturated carbocycles. The van der Waals surface area contributed by atoms with E-state index in [9.17, 15) is 4.79 Å². The molecule has 1 fully saturated rings. The Balaban J connectivity index is 1.70. The summed E-state index contributed by atoms with van der Waals surface area (Å²) in [5.41, 5.74) is 0.790. The lowest BCUT2D eigenvalue weighted by Gasteiger charge is -2.32. The van der Waals surface area contributed by atoms with Gasteiger partial charge in [0.1, 0.15) is 24.3 Å². The number of nitrogens with zero attached hydrogens (tertiary/aromatic N) is 5. The Morgan fingerprint density at radius 2 is 2.35 bits per heavy atom. The lowest BCUT2D eigenvalue weighted by atomic mass is 10.2. The Morgan fingerprint density at radius 3 is 3.09 bits per heavy atom. The van der Waals surface area contributed by atoms with Crippen molar-refractivity contribution in [2.24, 2.45) is 0 Å². The molecular weight excluding hydrogens is 296 g/mol. The van der Waals surface area contributed by atoms with E-state index in [1.165, 1.54) is 0 Å². The summed E-state index contributed by atoms with van der Waals surface area (Å²) in [6, 6.07) is 3.66. The Kier molecular flexibility index (Phi) is 4.52. The molecule has 8 heteroatoms. The molecule has 23 heavy (non-hydrogen) atoms. The fourth-order valence-electron chi connectivity index (χ4n) is 2.57. The van der Waals surface area contributed by atoms with Crippen molar-refractivity contribution in [1.82, 2.24) is 24.6 Å². The zero-order chi connectivity index (χ0) is 16.2. The van der Waals surface area contributed by atoms with E-state index in [0.29, 0.717) is 25.5 Å². The lowest BCUT2D eigenvalue weighted by molar-refractivity contribution is -0.140. The van der Waals surface area contributed by atoms with Crippen LogP contribution in [0.1, 0.15) is 17.6 Å². The molecule has 1 atom stereocenters. The molecule has 0 radical (unpaired) electrons. The van der Waals surface area contributed by atoms with Gasteiger partial charge in [0.2, 0.25) is 5.91 Å². The number of ether oxygens (including phenoxy) is 1. The molecule has 122 valence electrons. The van der Waals surface area contributed by atoms with Gasteiger partial charge in [-0.1, -0.05) is 0 Å². The van der Waals surface area contributed by atoms with Gasteiger partial charge in [0.05, 0.1) is 18.8 Å². The summed E-state index contributed by atoms with van der Waals surface area (Å²) in [7, 11) is 1.81. The SMILES string of the molecule is CNc1cc([C@H]2CN(C(=O)Cn3cccn3)CCO2)nc(C)n1. The maximum Gasteiger partial charge on any atom is 0.244 e. The van der Waals surface area contributed by atoms with E-state index in [1.807, 2.05) is 20.0 Å². The van der Waals surface area contributed by atoms with E-state index in [1.54, 1.807) is 28.0 Å². The van der Waals surface area contributed by atoms with Gasteiger partial charge in [-0.2, -0.15) is 5.10 Å². The predicted molar refractivity (Wildman–Crippen MR) is 83.8 cm³/mol. The van der Waals surface area contributed by atoms with E-state index >= 15 is 0 Å². The number of carbonyl (C=O) groups is 1. The molecule has 0 aliphatic carbocycles. The first-order valence-corrected chi connectivity index (χ1v) is 7.56. The van der Waals surface area contributed by atoms with E-state index in [0.717, 1.165) is 11.5 Å². The monoisotopic (exact) mass is 316 g/mol. The number of nitrogens with one attached hydrogen (secondary N) is 1. The van der Waals surface area contributed by atoms with Crippen molar-refractivity contribution in [3.8, 4) is 0 Å². The largest absolute Gasteiger partial charge is 0.373 e. The minimum Gasteiger partial charge on any atom is -0.373 e. The van der Waals surface area contributed by atoms with Crippen LogP contribution in [0.25, 0.3) is 0 Å². The first kappa shape index (κ1) is 15.4. The van der Waals surface area contributed by atoms with Crippen LogP contribution in [0, 0.1) is 6.92 Å². The maximum atomic E-state index is 12.4. The quantitative estimate of drug-likeness (QED) is 0.890. The summed E-state index contributed by atoms with van der Waals surface area (Å²) in [4.78, 5) is 22.9. The summed E-state index contributed by atoms with van der Waals surface area (Å²) < 4.78 is 7.43. The number of aryl methyl sites for hydroxylation is 1. The van der Waals surface area contributed by atoms with E-state index < -0.39 is 0 Å². The molecule has 0 unspecified atom stereocenters. The Morgan fingerprint density at radius 1 is 1.48 bits per heavy atom. The highest BCUT2D eigenvalue weighted by Gasteiger charge is 2.27. The molecule has 1 aliphatic heterocycles. The van der Waals surface area contributed by atoms with Gasteiger partial charge in [-0.25, -0.2) is 9.97 Å².